The Labute approximate surface area is 104 Å². The van der Waals surface area contributed by atoms with E-state index in [0.29, 0.717) is 11.3 Å². The third-order valence-corrected chi connectivity index (χ3v) is 2.61. The first-order valence-corrected chi connectivity index (χ1v) is 5.62. The summed E-state index contributed by atoms with van der Waals surface area (Å²) in [6, 6.07) is 0. The van der Waals surface area contributed by atoms with Crippen LogP contribution in [0.2, 0.25) is 0 Å². The highest BCUT2D eigenvalue weighted by atomic mass is 19.3. The van der Waals surface area contributed by atoms with Crippen LogP contribution in [0.3, 0.4) is 0 Å². The third kappa shape index (κ3) is 3.22. The molecule has 1 aromatic heterocycles. The zero-order valence-electron chi connectivity index (χ0n) is 10.4. The van der Waals surface area contributed by atoms with Gasteiger partial charge in [0.05, 0.1) is 13.0 Å². The van der Waals surface area contributed by atoms with Gasteiger partial charge < -0.3 is 10.5 Å². The molecule has 100 valence electrons. The molecule has 0 saturated carbocycles. The summed E-state index contributed by atoms with van der Waals surface area (Å²) in [6.07, 6.45) is -1.63. The van der Waals surface area contributed by atoms with E-state index in [9.17, 15) is 13.6 Å². The van der Waals surface area contributed by atoms with Gasteiger partial charge in [0.1, 0.15) is 0 Å². The fourth-order valence-corrected chi connectivity index (χ4v) is 1.73. The minimum Gasteiger partial charge on any atom is -0.466 e. The molecular formula is C12H16F2N2O2. The zero-order chi connectivity index (χ0) is 13.7. The quantitative estimate of drug-likeness (QED) is 0.819. The van der Waals surface area contributed by atoms with E-state index in [1.165, 1.54) is 0 Å². The molecule has 0 amide bonds. The Morgan fingerprint density at radius 1 is 1.50 bits per heavy atom. The fourth-order valence-electron chi connectivity index (χ4n) is 1.73. The lowest BCUT2D eigenvalue weighted by Gasteiger charge is -2.14. The standard InChI is InChI=1S/C12H16F2N2O2/c1-3-18-11(17)4-8-7(2)16-6-10(12(13)14)9(8)5-15/h6,12H,3-5,15H2,1-2H3. The van der Waals surface area contributed by atoms with E-state index in [1.54, 1.807) is 13.8 Å². The van der Waals surface area contributed by atoms with Crippen molar-refractivity contribution in [3.63, 3.8) is 0 Å². The second kappa shape index (κ2) is 6.39. The number of aromatic nitrogens is 1. The number of nitrogens with two attached hydrogens (primary N) is 1. The number of halogens is 2. The van der Waals surface area contributed by atoms with Crippen LogP contribution >= 0.6 is 0 Å². The first-order chi connectivity index (χ1) is 8.51. The normalized spacial score (nSPS) is 10.8. The Morgan fingerprint density at radius 2 is 2.17 bits per heavy atom. The third-order valence-electron chi connectivity index (χ3n) is 2.61. The summed E-state index contributed by atoms with van der Waals surface area (Å²) in [6.45, 7) is 3.53. The first-order valence-electron chi connectivity index (χ1n) is 5.62. The zero-order valence-corrected chi connectivity index (χ0v) is 10.4. The Balaban J connectivity index is 3.15. The van der Waals surface area contributed by atoms with E-state index >= 15 is 0 Å². The number of esters is 1. The average molecular weight is 258 g/mol. The number of nitrogens with zero attached hydrogens (tertiary/aromatic N) is 1. The van der Waals surface area contributed by atoms with Crippen molar-refractivity contribution in [1.82, 2.24) is 4.98 Å². The molecule has 0 aliphatic carbocycles. The largest absolute Gasteiger partial charge is 0.466 e. The number of hydrogen-bond acceptors (Lipinski definition) is 4. The molecule has 1 rings (SSSR count). The van der Waals surface area contributed by atoms with E-state index in [-0.39, 0.29) is 30.7 Å². The highest BCUT2D eigenvalue weighted by molar-refractivity contribution is 5.73. The van der Waals surface area contributed by atoms with Gasteiger partial charge in [0.15, 0.2) is 0 Å². The van der Waals surface area contributed by atoms with Crippen LogP contribution in [0, 0.1) is 6.92 Å². The summed E-state index contributed by atoms with van der Waals surface area (Å²) >= 11 is 0. The summed E-state index contributed by atoms with van der Waals surface area (Å²) in [5.41, 5.74) is 6.52. The maximum absolute atomic E-state index is 12.8. The van der Waals surface area contributed by atoms with Gasteiger partial charge in [-0.05, 0) is 25.0 Å². The average Bonchev–Trinajstić information content (AvgIpc) is 2.31. The van der Waals surface area contributed by atoms with Crippen molar-refractivity contribution in [3.05, 3.63) is 28.6 Å². The summed E-state index contributed by atoms with van der Waals surface area (Å²) in [5, 5.41) is 0. The van der Waals surface area contributed by atoms with Gasteiger partial charge in [0, 0.05) is 24.0 Å². The molecule has 0 unspecified atom stereocenters. The Morgan fingerprint density at radius 3 is 2.67 bits per heavy atom. The second-order valence-electron chi connectivity index (χ2n) is 3.74. The molecule has 1 aromatic rings. The van der Waals surface area contributed by atoms with Crippen LogP contribution in [0.5, 0.6) is 0 Å². The maximum Gasteiger partial charge on any atom is 0.310 e. The Kier molecular flexibility index (Phi) is 5.15. The van der Waals surface area contributed by atoms with Crippen molar-refractivity contribution in [2.45, 2.75) is 33.2 Å². The van der Waals surface area contributed by atoms with Gasteiger partial charge in [-0.3, -0.25) is 9.78 Å². The number of carbonyl (C=O) groups excluding carboxylic acids is 1. The number of rotatable bonds is 5. The summed E-state index contributed by atoms with van der Waals surface area (Å²) in [7, 11) is 0. The summed E-state index contributed by atoms with van der Waals surface area (Å²) < 4.78 is 30.4. The van der Waals surface area contributed by atoms with Crippen molar-refractivity contribution >= 4 is 5.97 Å². The topological polar surface area (TPSA) is 65.2 Å². The molecule has 2 N–H and O–H groups in total. The van der Waals surface area contributed by atoms with Gasteiger partial charge in [0.2, 0.25) is 0 Å². The highest BCUT2D eigenvalue weighted by Crippen LogP contribution is 2.26. The lowest BCUT2D eigenvalue weighted by Crippen LogP contribution is -2.15. The van der Waals surface area contributed by atoms with Gasteiger partial charge in [-0.25, -0.2) is 8.78 Å². The van der Waals surface area contributed by atoms with Crippen molar-refractivity contribution in [2.75, 3.05) is 6.61 Å². The molecule has 0 spiro atoms. The molecule has 1 heterocycles. The predicted octanol–water partition coefficient (Wildman–Crippen LogP) is 1.89. The summed E-state index contributed by atoms with van der Waals surface area (Å²) in [5.74, 6) is -0.469. The smallest absolute Gasteiger partial charge is 0.310 e. The highest BCUT2D eigenvalue weighted by Gasteiger charge is 2.19. The molecule has 0 saturated heterocycles. The van der Waals surface area contributed by atoms with E-state index in [1.807, 2.05) is 0 Å². The van der Waals surface area contributed by atoms with Gasteiger partial charge >= 0.3 is 5.97 Å². The number of alkyl halides is 2. The molecule has 18 heavy (non-hydrogen) atoms. The van der Waals surface area contributed by atoms with Gasteiger partial charge in [0.25, 0.3) is 6.43 Å². The molecule has 4 nitrogen and oxygen atoms in total. The molecule has 0 fully saturated rings. The second-order valence-corrected chi connectivity index (χ2v) is 3.74. The van der Waals surface area contributed by atoms with Crippen LogP contribution in [-0.4, -0.2) is 17.6 Å². The van der Waals surface area contributed by atoms with Crippen LogP contribution in [0.15, 0.2) is 6.20 Å². The minimum atomic E-state index is -2.66. The van der Waals surface area contributed by atoms with Crippen LogP contribution in [0.25, 0.3) is 0 Å². The number of carbonyl (C=O) groups is 1. The van der Waals surface area contributed by atoms with Crippen LogP contribution in [0.1, 0.15) is 35.7 Å². The maximum atomic E-state index is 12.8. The molecule has 0 aliphatic rings. The molecule has 0 radical (unpaired) electrons. The minimum absolute atomic E-state index is 0.0578. The predicted molar refractivity (Wildman–Crippen MR) is 62.2 cm³/mol. The Hall–Kier alpha value is -1.56. The van der Waals surface area contributed by atoms with E-state index in [2.05, 4.69) is 4.98 Å². The van der Waals surface area contributed by atoms with Crippen LogP contribution in [-0.2, 0) is 22.5 Å². The molecule has 0 atom stereocenters. The number of hydrogen-bond donors (Lipinski definition) is 1. The number of pyridine rings is 1. The van der Waals surface area contributed by atoms with Crippen molar-refractivity contribution in [1.29, 1.82) is 0 Å². The van der Waals surface area contributed by atoms with Crippen molar-refractivity contribution in [2.24, 2.45) is 5.73 Å². The van der Waals surface area contributed by atoms with Crippen LogP contribution < -0.4 is 5.73 Å². The first kappa shape index (κ1) is 14.5. The lowest BCUT2D eigenvalue weighted by molar-refractivity contribution is -0.142. The van der Waals surface area contributed by atoms with Crippen molar-refractivity contribution < 1.29 is 18.3 Å². The van der Waals surface area contributed by atoms with Crippen molar-refractivity contribution in [3.8, 4) is 0 Å². The van der Waals surface area contributed by atoms with Gasteiger partial charge in [-0.15, -0.1) is 0 Å². The molecule has 0 aromatic carbocycles. The number of aryl methyl sites for hydroxylation is 1. The lowest BCUT2D eigenvalue weighted by atomic mass is 9.99. The number of ether oxygens (including phenoxy) is 1. The van der Waals surface area contributed by atoms with E-state index < -0.39 is 12.4 Å². The summed E-state index contributed by atoms with van der Waals surface area (Å²) in [4.78, 5) is 15.3. The molecule has 6 heteroatoms. The Bertz CT molecular complexity index is 436. The van der Waals surface area contributed by atoms with Crippen LogP contribution in [0.4, 0.5) is 8.78 Å². The van der Waals surface area contributed by atoms with Gasteiger partial charge in [-0.1, -0.05) is 0 Å². The van der Waals surface area contributed by atoms with Gasteiger partial charge in [-0.2, -0.15) is 0 Å². The molecular weight excluding hydrogens is 242 g/mol. The molecule has 0 bridgehead atoms. The fraction of sp³-hybridized carbons (Fsp3) is 0.500. The molecule has 0 aliphatic heterocycles. The monoisotopic (exact) mass is 258 g/mol. The SMILES string of the molecule is CCOC(=O)Cc1c(C)ncc(C(F)F)c1CN. The van der Waals surface area contributed by atoms with E-state index in [4.69, 9.17) is 10.5 Å². The van der Waals surface area contributed by atoms with E-state index in [0.717, 1.165) is 6.20 Å².